The van der Waals surface area contributed by atoms with E-state index in [9.17, 15) is 0 Å². The Bertz CT molecular complexity index is 1770. The highest BCUT2D eigenvalue weighted by Gasteiger charge is 2.42. The Morgan fingerprint density at radius 1 is 0.486 bits per heavy atom. The Hall–Kier alpha value is -4.34. The summed E-state index contributed by atoms with van der Waals surface area (Å²) in [7, 11) is -2.03. The molecule has 7 rings (SSSR count). The highest BCUT2D eigenvalue weighted by atomic mass is 28.3. The molecule has 37 heavy (non-hydrogen) atoms. The minimum atomic E-state index is -2.03. The van der Waals surface area contributed by atoms with E-state index < -0.39 is 8.07 Å². The van der Waals surface area contributed by atoms with Crippen molar-refractivity contribution in [2.45, 2.75) is 13.1 Å². The summed E-state index contributed by atoms with van der Waals surface area (Å²) in [5.41, 5.74) is 8.07. The van der Waals surface area contributed by atoms with Gasteiger partial charge in [0.05, 0.1) is 11.4 Å². The normalized spacial score (nSPS) is 13.4. The van der Waals surface area contributed by atoms with Gasteiger partial charge in [-0.2, -0.15) is 0 Å². The van der Waals surface area contributed by atoms with Gasteiger partial charge in [0, 0.05) is 16.7 Å². The van der Waals surface area contributed by atoms with Gasteiger partial charge in [-0.25, -0.2) is 9.97 Å². The first-order valence-electron chi connectivity index (χ1n) is 12.8. The van der Waals surface area contributed by atoms with Gasteiger partial charge in [-0.15, -0.1) is 0 Å². The molecule has 0 atom stereocenters. The van der Waals surface area contributed by atoms with E-state index in [2.05, 4.69) is 128 Å². The summed E-state index contributed by atoms with van der Waals surface area (Å²) in [6, 6.07) is 43.1. The minimum absolute atomic E-state index is 0.780. The SMILES string of the molecule is C[Si]1(C)c2ccc3ccccc3c2-c2nc(-c3ccc(-c4ccccc4)cc3)nc(-c3ccccc3)c21. The van der Waals surface area contributed by atoms with Gasteiger partial charge in [-0.3, -0.25) is 0 Å². The van der Waals surface area contributed by atoms with E-state index in [1.54, 1.807) is 0 Å². The Labute approximate surface area is 218 Å². The third-order valence-electron chi connectivity index (χ3n) is 7.67. The average molecular weight is 491 g/mol. The molecule has 0 radical (unpaired) electrons. The van der Waals surface area contributed by atoms with Crippen molar-refractivity contribution in [1.82, 2.24) is 9.97 Å². The lowest BCUT2D eigenvalue weighted by atomic mass is 10.00. The Balaban J connectivity index is 1.49. The third kappa shape index (κ3) is 3.46. The molecular weight excluding hydrogens is 464 g/mol. The van der Waals surface area contributed by atoms with Crippen LogP contribution in [0.15, 0.2) is 121 Å². The molecule has 6 aromatic rings. The summed E-state index contributed by atoms with van der Waals surface area (Å²) in [6.07, 6.45) is 0. The molecule has 3 heteroatoms. The van der Waals surface area contributed by atoms with Crippen LogP contribution in [0, 0.1) is 0 Å². The monoisotopic (exact) mass is 490 g/mol. The standard InChI is InChI=1S/C34H26N2Si/c1-37(2)29-22-21-25-13-9-10-16-28(25)30(29)32-33(37)31(26-14-7-4-8-15-26)35-34(36-32)27-19-17-24(18-20-27)23-11-5-3-6-12-23/h3-22H,1-2H3. The van der Waals surface area contributed by atoms with Crippen LogP contribution in [-0.2, 0) is 0 Å². The Morgan fingerprint density at radius 3 is 1.78 bits per heavy atom. The molecule has 2 nitrogen and oxygen atoms in total. The molecule has 0 saturated carbocycles. The molecule has 2 heterocycles. The number of aromatic nitrogens is 2. The number of nitrogens with zero attached hydrogens (tertiary/aromatic N) is 2. The van der Waals surface area contributed by atoms with Crippen LogP contribution in [0.5, 0.6) is 0 Å². The van der Waals surface area contributed by atoms with E-state index in [1.165, 1.54) is 37.8 Å². The molecule has 0 saturated heterocycles. The molecule has 0 bridgehead atoms. The number of hydrogen-bond donors (Lipinski definition) is 0. The fourth-order valence-corrected chi connectivity index (χ4v) is 9.00. The fraction of sp³-hybridized carbons (Fsp3) is 0.0588. The zero-order valence-electron chi connectivity index (χ0n) is 20.9. The van der Waals surface area contributed by atoms with E-state index in [0.29, 0.717) is 0 Å². The van der Waals surface area contributed by atoms with E-state index >= 15 is 0 Å². The van der Waals surface area contributed by atoms with Crippen LogP contribution >= 0.6 is 0 Å². The van der Waals surface area contributed by atoms with Crippen molar-refractivity contribution >= 4 is 29.2 Å². The summed E-state index contributed by atoms with van der Waals surface area (Å²) < 4.78 is 0. The van der Waals surface area contributed by atoms with Gasteiger partial charge in [0.1, 0.15) is 8.07 Å². The molecule has 176 valence electrons. The van der Waals surface area contributed by atoms with Crippen LogP contribution in [0.25, 0.3) is 55.8 Å². The summed E-state index contributed by atoms with van der Waals surface area (Å²) in [6.45, 7) is 4.88. The quantitative estimate of drug-likeness (QED) is 0.241. The maximum atomic E-state index is 5.32. The first-order chi connectivity index (χ1) is 18.1. The maximum absolute atomic E-state index is 5.32. The molecule has 0 amide bonds. The van der Waals surface area contributed by atoms with Crippen molar-refractivity contribution in [2.75, 3.05) is 0 Å². The fourth-order valence-electron chi connectivity index (χ4n) is 5.79. The van der Waals surface area contributed by atoms with Crippen molar-refractivity contribution in [2.24, 2.45) is 0 Å². The lowest BCUT2D eigenvalue weighted by molar-refractivity contribution is 1.20. The Morgan fingerprint density at radius 2 is 1.05 bits per heavy atom. The zero-order chi connectivity index (χ0) is 25.0. The minimum Gasteiger partial charge on any atom is -0.228 e. The highest BCUT2D eigenvalue weighted by molar-refractivity contribution is 7.04. The van der Waals surface area contributed by atoms with E-state index in [-0.39, 0.29) is 0 Å². The molecule has 0 aliphatic carbocycles. The van der Waals surface area contributed by atoms with Crippen LogP contribution in [-0.4, -0.2) is 18.0 Å². The molecule has 1 aromatic heterocycles. The third-order valence-corrected chi connectivity index (χ3v) is 11.2. The summed E-state index contributed by atoms with van der Waals surface area (Å²) >= 11 is 0. The second kappa shape index (κ2) is 8.36. The van der Waals surface area contributed by atoms with Crippen LogP contribution in [0.1, 0.15) is 0 Å². The van der Waals surface area contributed by atoms with Gasteiger partial charge in [0.25, 0.3) is 0 Å². The van der Waals surface area contributed by atoms with Crippen molar-refractivity contribution in [3.63, 3.8) is 0 Å². The topological polar surface area (TPSA) is 25.8 Å². The Kier molecular flexibility index (Phi) is 4.95. The van der Waals surface area contributed by atoms with Gasteiger partial charge in [-0.1, -0.05) is 134 Å². The van der Waals surface area contributed by atoms with Gasteiger partial charge >= 0.3 is 0 Å². The molecule has 0 spiro atoms. The predicted octanol–water partition coefficient (Wildman–Crippen LogP) is 7.43. The summed E-state index contributed by atoms with van der Waals surface area (Å²) in [5, 5.41) is 5.33. The van der Waals surface area contributed by atoms with E-state index in [4.69, 9.17) is 9.97 Å². The van der Waals surface area contributed by atoms with Crippen molar-refractivity contribution in [1.29, 1.82) is 0 Å². The number of rotatable bonds is 3. The largest absolute Gasteiger partial charge is 0.228 e. The summed E-state index contributed by atoms with van der Waals surface area (Å²) in [4.78, 5) is 10.6. The van der Waals surface area contributed by atoms with E-state index in [0.717, 1.165) is 28.3 Å². The number of fused-ring (bicyclic) bond motifs is 5. The van der Waals surface area contributed by atoms with Crippen LogP contribution in [0.3, 0.4) is 0 Å². The van der Waals surface area contributed by atoms with Gasteiger partial charge < -0.3 is 0 Å². The van der Waals surface area contributed by atoms with Crippen molar-refractivity contribution in [3.05, 3.63) is 121 Å². The maximum Gasteiger partial charge on any atom is 0.160 e. The van der Waals surface area contributed by atoms with E-state index in [1.807, 2.05) is 6.07 Å². The van der Waals surface area contributed by atoms with Crippen LogP contribution < -0.4 is 10.4 Å². The van der Waals surface area contributed by atoms with Crippen molar-refractivity contribution in [3.8, 4) is 45.0 Å². The average Bonchev–Trinajstić information content (AvgIpc) is 3.20. The van der Waals surface area contributed by atoms with Crippen molar-refractivity contribution < 1.29 is 0 Å². The number of hydrogen-bond acceptors (Lipinski definition) is 2. The first kappa shape index (κ1) is 21.9. The molecule has 0 N–H and O–H groups in total. The van der Waals surface area contributed by atoms with Gasteiger partial charge in [-0.05, 0) is 32.3 Å². The highest BCUT2D eigenvalue weighted by Crippen LogP contribution is 2.37. The van der Waals surface area contributed by atoms with Crippen LogP contribution in [0.4, 0.5) is 0 Å². The lowest BCUT2D eigenvalue weighted by Gasteiger charge is -2.21. The first-order valence-corrected chi connectivity index (χ1v) is 15.8. The smallest absolute Gasteiger partial charge is 0.160 e. The predicted molar refractivity (Wildman–Crippen MR) is 158 cm³/mol. The molecular formula is C34H26N2Si. The molecule has 1 aliphatic heterocycles. The van der Waals surface area contributed by atoms with Gasteiger partial charge in [0.15, 0.2) is 5.82 Å². The second-order valence-corrected chi connectivity index (χ2v) is 14.6. The molecule has 0 fully saturated rings. The molecule has 0 unspecified atom stereocenters. The zero-order valence-corrected chi connectivity index (χ0v) is 21.9. The lowest BCUT2D eigenvalue weighted by Crippen LogP contribution is -2.50. The van der Waals surface area contributed by atoms with Crippen LogP contribution in [0.2, 0.25) is 13.1 Å². The second-order valence-electron chi connectivity index (χ2n) is 10.3. The molecule has 5 aromatic carbocycles. The number of benzene rings is 5. The molecule has 1 aliphatic rings. The summed E-state index contributed by atoms with van der Waals surface area (Å²) in [5.74, 6) is 0.780. The van der Waals surface area contributed by atoms with Gasteiger partial charge in [0.2, 0.25) is 0 Å².